The van der Waals surface area contributed by atoms with E-state index in [9.17, 15) is 14.4 Å². The molecule has 8 nitrogen and oxygen atoms in total. The third kappa shape index (κ3) is 4.89. The van der Waals surface area contributed by atoms with Gasteiger partial charge in [-0.15, -0.1) is 0 Å². The summed E-state index contributed by atoms with van der Waals surface area (Å²) in [5.74, 6) is -1.75. The van der Waals surface area contributed by atoms with Gasteiger partial charge in [-0.2, -0.15) is 0 Å². The van der Waals surface area contributed by atoms with E-state index >= 15 is 0 Å². The molecule has 8 heteroatoms. The van der Waals surface area contributed by atoms with Crippen molar-refractivity contribution >= 4 is 17.9 Å². The molecule has 120 valence electrons. The maximum atomic E-state index is 12.2. The van der Waals surface area contributed by atoms with E-state index in [4.69, 9.17) is 10.8 Å². The molecule has 1 rings (SSSR count). The van der Waals surface area contributed by atoms with E-state index in [1.54, 1.807) is 4.90 Å². The van der Waals surface area contributed by atoms with E-state index in [0.717, 1.165) is 0 Å². The lowest BCUT2D eigenvalue weighted by atomic mass is 10.1. The first-order valence-corrected chi connectivity index (χ1v) is 7.00. The molecule has 0 spiro atoms. The number of nitrogens with two attached hydrogens (primary N) is 1. The van der Waals surface area contributed by atoms with Crippen LogP contribution in [0.1, 0.15) is 26.7 Å². The molecular formula is C13H24N4O4. The molecule has 0 bridgehead atoms. The highest BCUT2D eigenvalue weighted by Gasteiger charge is 2.31. The SMILES string of the molecule is CC1CN(C(=O)N[C@@H](CCC(N)=O)C(=O)O)CC(C)N1C. The number of carbonyl (C=O) groups excluding carboxylic acids is 2. The zero-order chi connectivity index (χ0) is 16.2. The highest BCUT2D eigenvalue weighted by atomic mass is 16.4. The van der Waals surface area contributed by atoms with Crippen molar-refractivity contribution in [3.8, 4) is 0 Å². The summed E-state index contributed by atoms with van der Waals surface area (Å²) >= 11 is 0. The van der Waals surface area contributed by atoms with Crippen molar-refractivity contribution in [2.45, 2.75) is 44.8 Å². The van der Waals surface area contributed by atoms with E-state index in [1.807, 2.05) is 20.9 Å². The van der Waals surface area contributed by atoms with Gasteiger partial charge in [0.15, 0.2) is 0 Å². The Labute approximate surface area is 124 Å². The van der Waals surface area contributed by atoms with E-state index in [-0.39, 0.29) is 24.9 Å². The second-order valence-corrected chi connectivity index (χ2v) is 5.61. The van der Waals surface area contributed by atoms with Crippen LogP contribution >= 0.6 is 0 Å². The molecule has 3 atom stereocenters. The number of carbonyl (C=O) groups is 3. The summed E-state index contributed by atoms with van der Waals surface area (Å²) in [4.78, 5) is 37.8. The number of rotatable bonds is 5. The molecule has 0 aromatic rings. The van der Waals surface area contributed by atoms with E-state index in [2.05, 4.69) is 10.2 Å². The summed E-state index contributed by atoms with van der Waals surface area (Å²) in [6, 6.07) is -1.12. The van der Waals surface area contributed by atoms with Crippen LogP contribution in [0.3, 0.4) is 0 Å². The van der Waals surface area contributed by atoms with Crippen LogP contribution in [0.5, 0.6) is 0 Å². The van der Waals surface area contributed by atoms with Crippen molar-refractivity contribution < 1.29 is 19.5 Å². The van der Waals surface area contributed by atoms with Gasteiger partial charge in [-0.25, -0.2) is 9.59 Å². The highest BCUT2D eigenvalue weighted by Crippen LogP contribution is 2.13. The molecule has 1 fully saturated rings. The summed E-state index contributed by atoms with van der Waals surface area (Å²) in [6.45, 7) is 5.10. The molecule has 1 saturated heterocycles. The molecule has 2 unspecified atom stereocenters. The van der Waals surface area contributed by atoms with Crippen LogP contribution in [0.4, 0.5) is 4.79 Å². The van der Waals surface area contributed by atoms with Crippen molar-refractivity contribution in [1.29, 1.82) is 0 Å². The zero-order valence-corrected chi connectivity index (χ0v) is 12.7. The van der Waals surface area contributed by atoms with Crippen LogP contribution in [0.15, 0.2) is 0 Å². The lowest BCUT2D eigenvalue weighted by Crippen LogP contribution is -2.59. The minimum atomic E-state index is -1.17. The summed E-state index contributed by atoms with van der Waals surface area (Å²) in [5.41, 5.74) is 5.01. The number of urea groups is 1. The quantitative estimate of drug-likeness (QED) is 0.629. The van der Waals surface area contributed by atoms with E-state index < -0.39 is 23.9 Å². The number of piperazine rings is 1. The maximum absolute atomic E-state index is 12.2. The Kier molecular flexibility index (Phi) is 5.95. The molecule has 21 heavy (non-hydrogen) atoms. The first-order valence-electron chi connectivity index (χ1n) is 7.00. The third-order valence-corrected chi connectivity index (χ3v) is 3.92. The average Bonchev–Trinajstić information content (AvgIpc) is 2.39. The van der Waals surface area contributed by atoms with Crippen molar-refractivity contribution in [2.24, 2.45) is 5.73 Å². The Bertz CT molecular complexity index is 403. The van der Waals surface area contributed by atoms with Crippen LogP contribution in [-0.2, 0) is 9.59 Å². The number of amides is 3. The van der Waals surface area contributed by atoms with E-state index in [1.165, 1.54) is 0 Å². The van der Waals surface area contributed by atoms with Gasteiger partial charge in [-0.1, -0.05) is 0 Å². The topological polar surface area (TPSA) is 116 Å². The zero-order valence-electron chi connectivity index (χ0n) is 12.7. The molecule has 1 aliphatic rings. The first kappa shape index (κ1) is 17.2. The Morgan fingerprint density at radius 1 is 1.29 bits per heavy atom. The molecule has 1 heterocycles. The fraction of sp³-hybridized carbons (Fsp3) is 0.769. The van der Waals surface area contributed by atoms with Crippen molar-refractivity contribution in [3.63, 3.8) is 0 Å². The summed E-state index contributed by atoms with van der Waals surface area (Å²) in [6.07, 6.45) is -0.0813. The standard InChI is InChI=1S/C13H24N4O4/c1-8-6-17(7-9(2)16(8)3)13(21)15-10(12(19)20)4-5-11(14)18/h8-10H,4-7H2,1-3H3,(H2,14,18)(H,15,21)(H,19,20)/t8?,9?,10-/m0/s1. The minimum Gasteiger partial charge on any atom is -0.480 e. The lowest BCUT2D eigenvalue weighted by Gasteiger charge is -2.42. The van der Waals surface area contributed by atoms with Crippen LogP contribution in [0.25, 0.3) is 0 Å². The molecule has 0 aromatic heterocycles. The molecule has 0 aromatic carbocycles. The first-order chi connectivity index (χ1) is 9.72. The van der Waals surface area contributed by atoms with Gasteiger partial charge in [0.25, 0.3) is 0 Å². The van der Waals surface area contributed by atoms with Crippen LogP contribution in [0.2, 0.25) is 0 Å². The number of likely N-dealkylation sites (N-methyl/N-ethyl adjacent to an activating group) is 1. The van der Waals surface area contributed by atoms with E-state index in [0.29, 0.717) is 13.1 Å². The number of hydrogen-bond acceptors (Lipinski definition) is 4. The third-order valence-electron chi connectivity index (χ3n) is 3.92. The molecule has 0 aliphatic carbocycles. The monoisotopic (exact) mass is 300 g/mol. The molecule has 0 radical (unpaired) electrons. The van der Waals surface area contributed by atoms with Crippen molar-refractivity contribution in [3.05, 3.63) is 0 Å². The lowest BCUT2D eigenvalue weighted by molar-refractivity contribution is -0.139. The van der Waals surface area contributed by atoms with Crippen molar-refractivity contribution in [2.75, 3.05) is 20.1 Å². The average molecular weight is 300 g/mol. The van der Waals surface area contributed by atoms with Gasteiger partial charge in [0.05, 0.1) is 0 Å². The second-order valence-electron chi connectivity index (χ2n) is 5.61. The summed E-state index contributed by atoms with van der Waals surface area (Å²) in [5, 5.41) is 11.5. The molecule has 1 aliphatic heterocycles. The van der Waals surface area contributed by atoms with Gasteiger partial charge in [0.2, 0.25) is 5.91 Å². The number of primary amides is 1. The van der Waals surface area contributed by atoms with Gasteiger partial charge < -0.3 is 21.1 Å². The Hall–Kier alpha value is -1.83. The predicted octanol–water partition coefficient (Wildman–Crippen LogP) is -0.561. The number of hydrogen-bond donors (Lipinski definition) is 3. The molecular weight excluding hydrogens is 276 g/mol. The smallest absolute Gasteiger partial charge is 0.326 e. The van der Waals surface area contributed by atoms with Gasteiger partial charge in [0.1, 0.15) is 6.04 Å². The van der Waals surface area contributed by atoms with Gasteiger partial charge in [-0.05, 0) is 27.3 Å². The molecule has 4 N–H and O–H groups in total. The minimum absolute atomic E-state index is 0.00471. The summed E-state index contributed by atoms with van der Waals surface area (Å²) in [7, 11) is 2.00. The summed E-state index contributed by atoms with van der Waals surface area (Å²) < 4.78 is 0. The molecule has 3 amide bonds. The van der Waals surface area contributed by atoms with Crippen LogP contribution < -0.4 is 11.1 Å². The van der Waals surface area contributed by atoms with Gasteiger partial charge in [0, 0.05) is 31.6 Å². The largest absolute Gasteiger partial charge is 0.480 e. The fourth-order valence-corrected chi connectivity index (χ4v) is 2.35. The number of nitrogens with one attached hydrogen (secondary N) is 1. The fourth-order valence-electron chi connectivity index (χ4n) is 2.35. The number of aliphatic carboxylic acids is 1. The normalized spacial score (nSPS) is 24.4. The number of carboxylic acids is 1. The Morgan fingerprint density at radius 3 is 2.24 bits per heavy atom. The van der Waals surface area contributed by atoms with Gasteiger partial charge in [-0.3, -0.25) is 9.69 Å². The van der Waals surface area contributed by atoms with Crippen LogP contribution in [0, 0.1) is 0 Å². The predicted molar refractivity (Wildman–Crippen MR) is 76.6 cm³/mol. The molecule has 0 saturated carbocycles. The van der Waals surface area contributed by atoms with Crippen molar-refractivity contribution in [1.82, 2.24) is 15.1 Å². The Balaban J connectivity index is 2.61. The second kappa shape index (κ2) is 7.26. The maximum Gasteiger partial charge on any atom is 0.326 e. The van der Waals surface area contributed by atoms with Crippen LogP contribution in [-0.4, -0.2) is 71.1 Å². The Morgan fingerprint density at radius 2 is 1.81 bits per heavy atom. The highest BCUT2D eigenvalue weighted by molar-refractivity contribution is 5.83. The van der Waals surface area contributed by atoms with Gasteiger partial charge >= 0.3 is 12.0 Å². The number of carboxylic acid groups (broad SMARTS) is 1. The number of nitrogens with zero attached hydrogens (tertiary/aromatic N) is 2.